The molecule has 0 atom stereocenters. The van der Waals surface area contributed by atoms with Crippen molar-refractivity contribution < 1.29 is 4.42 Å². The van der Waals surface area contributed by atoms with Gasteiger partial charge in [0.15, 0.2) is 0 Å². The predicted molar refractivity (Wildman–Crippen MR) is 189 cm³/mol. The summed E-state index contributed by atoms with van der Waals surface area (Å²) in [6.45, 7) is 0. The molecule has 0 fully saturated rings. The van der Waals surface area contributed by atoms with E-state index in [1.54, 1.807) is 0 Å². The summed E-state index contributed by atoms with van der Waals surface area (Å²) in [7, 11) is 0. The second-order valence-electron chi connectivity index (χ2n) is 12.0. The van der Waals surface area contributed by atoms with Gasteiger partial charge in [0, 0.05) is 32.9 Å². The third kappa shape index (κ3) is 3.46. The van der Waals surface area contributed by atoms with Gasteiger partial charge in [-0.1, -0.05) is 85.0 Å². The molecule has 0 unspecified atom stereocenters. The smallest absolute Gasteiger partial charge is 0.145 e. The summed E-state index contributed by atoms with van der Waals surface area (Å²) in [5.74, 6) is 0. The van der Waals surface area contributed by atoms with Gasteiger partial charge in [0.2, 0.25) is 0 Å². The van der Waals surface area contributed by atoms with Gasteiger partial charge in [-0.3, -0.25) is 0 Å². The lowest BCUT2D eigenvalue weighted by atomic mass is 9.99. The lowest BCUT2D eigenvalue weighted by Crippen LogP contribution is -1.95. The topological polar surface area (TPSA) is 23.0 Å². The molecule has 0 saturated heterocycles. The number of para-hydroxylation sites is 3. The molecule has 0 amide bonds. The van der Waals surface area contributed by atoms with Gasteiger partial charge in [0.25, 0.3) is 0 Å². The zero-order chi connectivity index (χ0) is 29.5. The van der Waals surface area contributed by atoms with E-state index in [-0.39, 0.29) is 0 Å². The molecule has 0 N–H and O–H groups in total. The number of furan rings is 1. The number of nitrogens with zero attached hydrogens (tertiary/aromatic N) is 2. The zero-order valence-corrected chi connectivity index (χ0v) is 24.6. The van der Waals surface area contributed by atoms with Crippen LogP contribution in [0.3, 0.4) is 0 Å². The third-order valence-corrected chi connectivity index (χ3v) is 9.52. The highest BCUT2D eigenvalue weighted by molar-refractivity contribution is 6.29. The summed E-state index contributed by atoms with van der Waals surface area (Å²) in [6.07, 6.45) is 9.07. The van der Waals surface area contributed by atoms with Crippen LogP contribution in [0, 0.1) is 0 Å². The highest BCUT2D eigenvalue weighted by atomic mass is 16.3. The number of hydrogen-bond acceptors (Lipinski definition) is 1. The Labute approximate surface area is 259 Å². The van der Waals surface area contributed by atoms with Crippen LogP contribution in [-0.2, 0) is 0 Å². The van der Waals surface area contributed by atoms with Gasteiger partial charge < -0.3 is 13.6 Å². The molecule has 10 rings (SSSR count). The highest BCUT2D eigenvalue weighted by Gasteiger charge is 2.22. The van der Waals surface area contributed by atoms with Crippen molar-refractivity contribution in [1.82, 2.24) is 9.13 Å². The number of fused-ring (bicyclic) bond motifs is 11. The quantitative estimate of drug-likeness (QED) is 0.205. The molecule has 9 aromatic rings. The Kier molecular flexibility index (Phi) is 5.11. The van der Waals surface area contributed by atoms with Gasteiger partial charge in [0.05, 0.1) is 32.8 Å². The minimum absolute atomic E-state index is 0.940. The first-order valence-corrected chi connectivity index (χ1v) is 15.7. The minimum atomic E-state index is 0.940. The van der Waals surface area contributed by atoms with E-state index in [0.29, 0.717) is 0 Å². The van der Waals surface area contributed by atoms with E-state index in [4.69, 9.17) is 4.42 Å². The van der Waals surface area contributed by atoms with E-state index in [2.05, 4.69) is 155 Å². The largest absolute Gasteiger partial charge is 0.455 e. The van der Waals surface area contributed by atoms with Crippen LogP contribution in [0.2, 0.25) is 0 Å². The average molecular weight is 577 g/mol. The van der Waals surface area contributed by atoms with Gasteiger partial charge in [-0.05, 0) is 84.6 Å². The molecule has 0 saturated carbocycles. The number of hydrogen-bond donors (Lipinski definition) is 0. The van der Waals surface area contributed by atoms with Gasteiger partial charge in [0.1, 0.15) is 11.2 Å². The Bertz CT molecular complexity index is 2700. The van der Waals surface area contributed by atoms with Crippen molar-refractivity contribution in [2.45, 2.75) is 12.8 Å². The summed E-state index contributed by atoms with van der Waals surface area (Å²) in [5.41, 5.74) is 11.4. The molecule has 6 aromatic carbocycles. The molecule has 3 heterocycles. The SMILES string of the molecule is C1=CC(c2cccc(-n3c4ccccc4c4c5oc6c(ccc7c6c6ccccc6n7-c6ccccc6)c5ccc43)c2)=CCC1. The molecule has 0 aliphatic heterocycles. The maximum atomic E-state index is 7.07. The number of aromatic nitrogens is 2. The molecule has 0 spiro atoms. The fraction of sp³-hybridized carbons (Fsp3) is 0.0476. The van der Waals surface area contributed by atoms with Crippen molar-refractivity contribution in [2.24, 2.45) is 0 Å². The Morgan fingerprint density at radius 1 is 0.467 bits per heavy atom. The number of rotatable bonds is 3. The maximum Gasteiger partial charge on any atom is 0.145 e. The van der Waals surface area contributed by atoms with Gasteiger partial charge in [-0.25, -0.2) is 0 Å². The van der Waals surface area contributed by atoms with Crippen LogP contribution in [0.15, 0.2) is 150 Å². The first kappa shape index (κ1) is 24.6. The van der Waals surface area contributed by atoms with Crippen molar-refractivity contribution in [1.29, 1.82) is 0 Å². The molecule has 1 aliphatic rings. The molecule has 3 aromatic heterocycles. The summed E-state index contributed by atoms with van der Waals surface area (Å²) in [5, 5.41) is 6.99. The van der Waals surface area contributed by atoms with Gasteiger partial charge >= 0.3 is 0 Å². The Morgan fingerprint density at radius 2 is 1.07 bits per heavy atom. The first-order valence-electron chi connectivity index (χ1n) is 15.7. The third-order valence-electron chi connectivity index (χ3n) is 9.52. The highest BCUT2D eigenvalue weighted by Crippen LogP contribution is 2.44. The Hall–Kier alpha value is -5.80. The lowest BCUT2D eigenvalue weighted by molar-refractivity contribution is 0.677. The van der Waals surface area contributed by atoms with Crippen LogP contribution in [0.25, 0.3) is 82.5 Å². The Morgan fingerprint density at radius 3 is 1.71 bits per heavy atom. The van der Waals surface area contributed by atoms with Crippen molar-refractivity contribution in [2.75, 3.05) is 0 Å². The van der Waals surface area contributed by atoms with Crippen LogP contribution >= 0.6 is 0 Å². The summed E-state index contributed by atoms with van der Waals surface area (Å²) in [6, 6.07) is 45.9. The van der Waals surface area contributed by atoms with E-state index >= 15 is 0 Å². The van der Waals surface area contributed by atoms with E-state index in [9.17, 15) is 0 Å². The van der Waals surface area contributed by atoms with Crippen molar-refractivity contribution in [3.8, 4) is 11.4 Å². The minimum Gasteiger partial charge on any atom is -0.455 e. The molecule has 0 bridgehead atoms. The van der Waals surface area contributed by atoms with Gasteiger partial charge in [-0.15, -0.1) is 0 Å². The second kappa shape index (κ2) is 9.35. The lowest BCUT2D eigenvalue weighted by Gasteiger charge is -2.12. The number of allylic oxidation sites excluding steroid dienone is 4. The maximum absolute atomic E-state index is 7.07. The van der Waals surface area contributed by atoms with Gasteiger partial charge in [-0.2, -0.15) is 0 Å². The summed E-state index contributed by atoms with van der Waals surface area (Å²) in [4.78, 5) is 0. The van der Waals surface area contributed by atoms with Crippen LogP contribution in [0.1, 0.15) is 18.4 Å². The van der Waals surface area contributed by atoms with E-state index < -0.39 is 0 Å². The van der Waals surface area contributed by atoms with Crippen molar-refractivity contribution in [3.05, 3.63) is 151 Å². The van der Waals surface area contributed by atoms with Crippen LogP contribution < -0.4 is 0 Å². The van der Waals surface area contributed by atoms with Crippen LogP contribution in [0.5, 0.6) is 0 Å². The molecule has 45 heavy (non-hydrogen) atoms. The summed E-state index contributed by atoms with van der Waals surface area (Å²) >= 11 is 0. The molecule has 0 radical (unpaired) electrons. The van der Waals surface area contributed by atoms with Crippen LogP contribution in [0.4, 0.5) is 0 Å². The van der Waals surface area contributed by atoms with Crippen molar-refractivity contribution >= 4 is 71.1 Å². The normalized spacial score (nSPS) is 13.6. The summed E-state index contributed by atoms with van der Waals surface area (Å²) < 4.78 is 11.8. The fourth-order valence-electron chi connectivity index (χ4n) is 7.58. The van der Waals surface area contributed by atoms with Crippen molar-refractivity contribution in [3.63, 3.8) is 0 Å². The monoisotopic (exact) mass is 576 g/mol. The molecule has 3 heteroatoms. The molecular formula is C42H28N2O. The van der Waals surface area contributed by atoms with E-state index in [1.165, 1.54) is 32.9 Å². The van der Waals surface area contributed by atoms with E-state index in [1.807, 2.05) is 0 Å². The molecule has 212 valence electrons. The first-order chi connectivity index (χ1) is 22.3. The zero-order valence-electron chi connectivity index (χ0n) is 24.6. The Balaban J connectivity index is 1.30. The molecule has 3 nitrogen and oxygen atoms in total. The number of benzene rings is 6. The molecule has 1 aliphatic carbocycles. The van der Waals surface area contributed by atoms with Crippen LogP contribution in [-0.4, -0.2) is 9.13 Å². The average Bonchev–Trinajstić information content (AvgIpc) is 3.76. The second-order valence-corrected chi connectivity index (χ2v) is 12.0. The predicted octanol–water partition coefficient (Wildman–Crippen LogP) is 11.5. The van der Waals surface area contributed by atoms with E-state index in [0.717, 1.165) is 68.0 Å². The fourth-order valence-corrected chi connectivity index (χ4v) is 7.58. The standard InChI is InChI=1S/C42H28N2O/c1-3-12-27(13-4-1)28-14-11-17-30(26-28)44-36-21-10-8-19-34(36)40-38(44)25-23-32-31-22-24-37-39(41(31)45-42(32)40)33-18-7-9-20-35(33)43(37)29-15-5-2-6-16-29/h2-3,5-26H,1,4H2. The molecular weight excluding hydrogens is 548 g/mol.